The first-order chi connectivity index (χ1) is 13.5. The highest BCUT2D eigenvalue weighted by Gasteiger charge is 2.13. The van der Waals surface area contributed by atoms with Crippen LogP contribution in [-0.4, -0.2) is 19.9 Å². The van der Waals surface area contributed by atoms with Gasteiger partial charge in [-0.3, -0.25) is 0 Å². The Bertz CT molecular complexity index is 884. The molecule has 5 nitrogen and oxygen atoms in total. The van der Waals surface area contributed by atoms with Crippen molar-refractivity contribution in [2.45, 2.75) is 40.3 Å². The Morgan fingerprint density at radius 3 is 2.43 bits per heavy atom. The van der Waals surface area contributed by atoms with E-state index >= 15 is 0 Å². The fourth-order valence-corrected chi connectivity index (χ4v) is 2.77. The molecule has 1 aromatic heterocycles. The molecule has 0 spiro atoms. The molecule has 0 radical (unpaired) electrons. The van der Waals surface area contributed by atoms with Gasteiger partial charge in [0.2, 0.25) is 0 Å². The lowest BCUT2D eigenvalue weighted by molar-refractivity contribution is -0.106. The van der Waals surface area contributed by atoms with Crippen molar-refractivity contribution in [3.8, 4) is 11.5 Å². The van der Waals surface area contributed by atoms with Crippen LogP contribution in [0.3, 0.4) is 0 Å². The van der Waals surface area contributed by atoms with Gasteiger partial charge in [0.25, 0.3) is 0 Å². The highest BCUT2D eigenvalue weighted by molar-refractivity contribution is 5.83. The second kappa shape index (κ2) is 10.5. The monoisotopic (exact) mass is 383 g/mol. The maximum Gasteiger partial charge on any atom is 0.140 e. The Balaban J connectivity index is 0.000000878. The maximum absolute atomic E-state index is 8.81. The highest BCUT2D eigenvalue weighted by Crippen LogP contribution is 2.32. The lowest BCUT2D eigenvalue weighted by Crippen LogP contribution is -2.10. The Kier molecular flexibility index (Phi) is 8.08. The van der Waals surface area contributed by atoms with E-state index < -0.39 is 0 Å². The van der Waals surface area contributed by atoms with Crippen LogP contribution in [0.15, 0.2) is 46.9 Å². The molecule has 3 rings (SSSR count). The first kappa shape index (κ1) is 21.5. The second-order valence-electron chi connectivity index (χ2n) is 6.37. The van der Waals surface area contributed by atoms with E-state index in [2.05, 4.69) is 18.3 Å². The normalized spacial score (nSPS) is 11.5. The van der Waals surface area contributed by atoms with Gasteiger partial charge in [-0.25, -0.2) is 0 Å². The molecule has 2 aromatic carbocycles. The number of aryl methyl sites for hydroxylation is 1. The van der Waals surface area contributed by atoms with Crippen LogP contribution in [-0.2, 0) is 11.4 Å². The van der Waals surface area contributed by atoms with Crippen molar-refractivity contribution in [1.82, 2.24) is 5.32 Å². The zero-order valence-corrected chi connectivity index (χ0v) is 17.2. The van der Waals surface area contributed by atoms with Crippen molar-refractivity contribution in [1.29, 1.82) is 0 Å². The van der Waals surface area contributed by atoms with Crippen LogP contribution < -0.4 is 14.8 Å². The first-order valence-corrected chi connectivity index (χ1v) is 9.48. The van der Waals surface area contributed by atoms with Crippen molar-refractivity contribution < 1.29 is 18.7 Å². The van der Waals surface area contributed by atoms with Crippen molar-refractivity contribution >= 4 is 17.3 Å². The van der Waals surface area contributed by atoms with Gasteiger partial charge >= 0.3 is 0 Å². The molecule has 0 bridgehead atoms. The number of benzene rings is 2. The molecule has 28 heavy (non-hydrogen) atoms. The number of fused-ring (bicyclic) bond motifs is 1. The Hall–Kier alpha value is -2.79. The molecule has 0 fully saturated rings. The van der Waals surface area contributed by atoms with Gasteiger partial charge in [0.15, 0.2) is 0 Å². The minimum absolute atomic E-state index is 0.181. The zero-order chi connectivity index (χ0) is 20.5. The zero-order valence-electron chi connectivity index (χ0n) is 17.2. The molecule has 1 N–H and O–H groups in total. The van der Waals surface area contributed by atoms with Crippen LogP contribution in [0.1, 0.15) is 43.7 Å². The van der Waals surface area contributed by atoms with Crippen molar-refractivity contribution in [2.75, 3.05) is 13.7 Å². The summed E-state index contributed by atoms with van der Waals surface area (Å²) in [6, 6.07) is 14.3. The maximum atomic E-state index is 8.81. The number of rotatable bonds is 7. The van der Waals surface area contributed by atoms with Crippen molar-refractivity contribution in [3.05, 3.63) is 59.4 Å². The Morgan fingerprint density at radius 2 is 1.82 bits per heavy atom. The molecule has 1 unspecified atom stereocenters. The molecule has 0 saturated carbocycles. The van der Waals surface area contributed by atoms with E-state index in [0.29, 0.717) is 13.2 Å². The lowest BCUT2D eigenvalue weighted by atomic mass is 10.1. The van der Waals surface area contributed by atoms with Crippen molar-refractivity contribution in [2.24, 2.45) is 0 Å². The van der Waals surface area contributed by atoms with Crippen LogP contribution >= 0.6 is 0 Å². The molecule has 0 saturated heterocycles. The Morgan fingerprint density at radius 1 is 1.14 bits per heavy atom. The summed E-state index contributed by atoms with van der Waals surface area (Å²) in [5.41, 5.74) is 3.02. The lowest BCUT2D eigenvalue weighted by Gasteiger charge is -2.10. The van der Waals surface area contributed by atoms with E-state index in [0.717, 1.165) is 45.6 Å². The minimum atomic E-state index is 0.181. The molecule has 0 aliphatic rings. The standard InChI is InChI=1S/C21H25NO3.C2H4O/c1-5-23-18-9-6-16(7-10-18)13-24-19-11-8-17-12-20(15(3)22-4)25-21(17)14(19)2;1-2-3/h6-12,15,22H,5,13H2,1-4H3;2H,1H3. The summed E-state index contributed by atoms with van der Waals surface area (Å²) in [7, 11) is 1.93. The molecule has 1 atom stereocenters. The topological polar surface area (TPSA) is 60.7 Å². The summed E-state index contributed by atoms with van der Waals surface area (Å²) in [6.07, 6.45) is 0.750. The SMILES string of the molecule is CC=O.CCOc1ccc(COc2ccc3cc(C(C)NC)oc3c2C)cc1. The van der Waals surface area contributed by atoms with Gasteiger partial charge in [0.1, 0.15) is 35.7 Å². The third kappa shape index (κ3) is 5.36. The molecule has 0 aliphatic heterocycles. The van der Waals surface area contributed by atoms with Gasteiger partial charge in [-0.1, -0.05) is 12.1 Å². The predicted molar refractivity (Wildman–Crippen MR) is 112 cm³/mol. The summed E-state index contributed by atoms with van der Waals surface area (Å²) < 4.78 is 17.5. The summed E-state index contributed by atoms with van der Waals surface area (Å²) in [4.78, 5) is 8.81. The number of carbonyl (C=O) groups is 1. The number of furan rings is 1. The summed E-state index contributed by atoms with van der Waals surface area (Å²) in [6.45, 7) is 8.72. The van der Waals surface area contributed by atoms with Crippen LogP contribution in [0.25, 0.3) is 11.0 Å². The molecule has 5 heteroatoms. The molecule has 0 aliphatic carbocycles. The third-order valence-corrected chi connectivity index (χ3v) is 4.39. The van der Waals surface area contributed by atoms with E-state index in [9.17, 15) is 0 Å². The van der Waals surface area contributed by atoms with Crippen LogP contribution in [0, 0.1) is 6.92 Å². The predicted octanol–water partition coefficient (Wildman–Crippen LogP) is 5.20. The molecular weight excluding hydrogens is 354 g/mol. The van der Waals surface area contributed by atoms with Gasteiger partial charge in [0, 0.05) is 10.9 Å². The first-order valence-electron chi connectivity index (χ1n) is 9.48. The minimum Gasteiger partial charge on any atom is -0.494 e. The van der Waals surface area contributed by atoms with Gasteiger partial charge < -0.3 is 24.0 Å². The molecule has 1 heterocycles. The van der Waals surface area contributed by atoms with Gasteiger partial charge in [0.05, 0.1) is 12.6 Å². The highest BCUT2D eigenvalue weighted by atomic mass is 16.5. The third-order valence-electron chi connectivity index (χ3n) is 4.39. The quantitative estimate of drug-likeness (QED) is 0.568. The summed E-state index contributed by atoms with van der Waals surface area (Å²) >= 11 is 0. The van der Waals surface area contributed by atoms with Crippen LogP contribution in [0.2, 0.25) is 0 Å². The van der Waals surface area contributed by atoms with Gasteiger partial charge in [-0.2, -0.15) is 0 Å². The number of carbonyl (C=O) groups excluding carboxylic acids is 1. The van der Waals surface area contributed by atoms with Crippen LogP contribution in [0.5, 0.6) is 11.5 Å². The van der Waals surface area contributed by atoms with Crippen LogP contribution in [0.4, 0.5) is 0 Å². The van der Waals surface area contributed by atoms with E-state index in [-0.39, 0.29) is 6.04 Å². The second-order valence-corrected chi connectivity index (χ2v) is 6.37. The molecule has 3 aromatic rings. The van der Waals surface area contributed by atoms with Crippen molar-refractivity contribution in [3.63, 3.8) is 0 Å². The van der Waals surface area contributed by atoms with E-state index in [1.807, 2.05) is 57.3 Å². The van der Waals surface area contributed by atoms with E-state index in [1.165, 1.54) is 6.92 Å². The summed E-state index contributed by atoms with van der Waals surface area (Å²) in [5, 5.41) is 4.30. The number of nitrogens with one attached hydrogen (secondary N) is 1. The van der Waals surface area contributed by atoms with E-state index in [4.69, 9.17) is 18.7 Å². The number of ether oxygens (including phenoxy) is 2. The average Bonchev–Trinajstić information content (AvgIpc) is 3.14. The van der Waals surface area contributed by atoms with Gasteiger partial charge in [-0.15, -0.1) is 0 Å². The fraction of sp³-hybridized carbons (Fsp3) is 0.348. The number of hydrogen-bond acceptors (Lipinski definition) is 5. The smallest absolute Gasteiger partial charge is 0.140 e. The number of hydrogen-bond donors (Lipinski definition) is 1. The Labute approximate surface area is 166 Å². The van der Waals surface area contributed by atoms with Gasteiger partial charge in [-0.05, 0) is 70.6 Å². The molecular formula is C23H29NO4. The fourth-order valence-electron chi connectivity index (χ4n) is 2.77. The summed E-state index contributed by atoms with van der Waals surface area (Å²) in [5.74, 6) is 2.66. The molecule has 0 amide bonds. The average molecular weight is 383 g/mol. The largest absolute Gasteiger partial charge is 0.494 e. The number of aldehydes is 1. The molecule has 150 valence electrons. The van der Waals surface area contributed by atoms with E-state index in [1.54, 1.807) is 0 Å².